The third-order valence-electron chi connectivity index (χ3n) is 3.30. The SMILES string of the molecule is Cc1ccc(C(C)C)cc1NC(=O)C(C)(C)CN. The van der Waals surface area contributed by atoms with E-state index >= 15 is 0 Å². The Balaban J connectivity index is 2.97. The second-order valence-electron chi connectivity index (χ2n) is 5.77. The largest absolute Gasteiger partial charge is 0.329 e. The molecule has 3 heteroatoms. The highest BCUT2D eigenvalue weighted by atomic mass is 16.2. The van der Waals surface area contributed by atoms with Gasteiger partial charge in [0, 0.05) is 12.2 Å². The van der Waals surface area contributed by atoms with Crippen molar-refractivity contribution in [2.24, 2.45) is 11.1 Å². The number of aryl methyl sites for hydroxylation is 1. The molecule has 1 aromatic rings. The molecule has 0 radical (unpaired) electrons. The van der Waals surface area contributed by atoms with Crippen molar-refractivity contribution in [3.8, 4) is 0 Å². The molecule has 0 saturated carbocycles. The molecule has 1 amide bonds. The number of carbonyl (C=O) groups is 1. The van der Waals surface area contributed by atoms with Crippen LogP contribution in [0.5, 0.6) is 0 Å². The van der Waals surface area contributed by atoms with Gasteiger partial charge in [0.05, 0.1) is 5.41 Å². The molecule has 1 aromatic carbocycles. The Morgan fingerprint density at radius 1 is 1.39 bits per heavy atom. The van der Waals surface area contributed by atoms with Crippen LogP contribution in [0.4, 0.5) is 5.69 Å². The molecule has 0 aliphatic heterocycles. The third-order valence-corrected chi connectivity index (χ3v) is 3.30. The topological polar surface area (TPSA) is 55.1 Å². The van der Waals surface area contributed by atoms with Crippen LogP contribution in [0.15, 0.2) is 18.2 Å². The zero-order chi connectivity index (χ0) is 13.9. The van der Waals surface area contributed by atoms with E-state index < -0.39 is 5.41 Å². The number of amides is 1. The van der Waals surface area contributed by atoms with Gasteiger partial charge in [0.1, 0.15) is 0 Å². The summed E-state index contributed by atoms with van der Waals surface area (Å²) in [5, 5.41) is 2.98. The Kier molecular flexibility index (Phi) is 4.52. The first kappa shape index (κ1) is 14.7. The molecule has 3 nitrogen and oxygen atoms in total. The predicted molar refractivity (Wildman–Crippen MR) is 76.7 cm³/mol. The van der Waals surface area contributed by atoms with Crippen LogP contribution in [-0.2, 0) is 4.79 Å². The van der Waals surface area contributed by atoms with Gasteiger partial charge in [-0.15, -0.1) is 0 Å². The minimum absolute atomic E-state index is 0.0333. The van der Waals surface area contributed by atoms with Crippen LogP contribution in [0.3, 0.4) is 0 Å². The maximum absolute atomic E-state index is 12.1. The molecule has 0 heterocycles. The lowest BCUT2D eigenvalue weighted by atomic mass is 9.92. The molecule has 0 fully saturated rings. The van der Waals surface area contributed by atoms with Gasteiger partial charge >= 0.3 is 0 Å². The van der Waals surface area contributed by atoms with Crippen molar-refractivity contribution in [1.82, 2.24) is 0 Å². The fourth-order valence-corrected chi connectivity index (χ4v) is 1.52. The van der Waals surface area contributed by atoms with E-state index in [-0.39, 0.29) is 5.91 Å². The van der Waals surface area contributed by atoms with Crippen molar-refractivity contribution in [3.63, 3.8) is 0 Å². The molecule has 0 unspecified atom stereocenters. The molecule has 0 aliphatic rings. The van der Waals surface area contributed by atoms with Crippen molar-refractivity contribution < 1.29 is 4.79 Å². The lowest BCUT2D eigenvalue weighted by Crippen LogP contribution is -2.37. The summed E-state index contributed by atoms with van der Waals surface area (Å²) < 4.78 is 0. The molecule has 3 N–H and O–H groups in total. The second kappa shape index (κ2) is 5.53. The average molecular weight is 248 g/mol. The predicted octanol–water partition coefficient (Wildman–Crippen LogP) is 3.04. The average Bonchev–Trinajstić information content (AvgIpc) is 2.31. The summed E-state index contributed by atoms with van der Waals surface area (Å²) >= 11 is 0. The summed E-state index contributed by atoms with van der Waals surface area (Å²) in [5.74, 6) is 0.415. The highest BCUT2D eigenvalue weighted by molar-refractivity contribution is 5.95. The van der Waals surface area contributed by atoms with E-state index in [0.717, 1.165) is 11.3 Å². The molecule has 0 saturated heterocycles. The Morgan fingerprint density at radius 2 is 2.00 bits per heavy atom. The number of nitrogens with one attached hydrogen (secondary N) is 1. The van der Waals surface area contributed by atoms with E-state index in [1.807, 2.05) is 32.9 Å². The summed E-state index contributed by atoms with van der Waals surface area (Å²) in [6.07, 6.45) is 0. The van der Waals surface area contributed by atoms with Crippen LogP contribution in [0.25, 0.3) is 0 Å². The number of hydrogen-bond acceptors (Lipinski definition) is 2. The lowest BCUT2D eigenvalue weighted by Gasteiger charge is -2.22. The number of rotatable bonds is 4. The fraction of sp³-hybridized carbons (Fsp3) is 0.533. The van der Waals surface area contributed by atoms with Crippen LogP contribution in [-0.4, -0.2) is 12.5 Å². The van der Waals surface area contributed by atoms with Crippen LogP contribution in [0, 0.1) is 12.3 Å². The molecule has 0 aromatic heterocycles. The number of anilines is 1. The Bertz CT molecular complexity index is 436. The van der Waals surface area contributed by atoms with Gasteiger partial charge in [-0.1, -0.05) is 26.0 Å². The second-order valence-corrected chi connectivity index (χ2v) is 5.77. The highest BCUT2D eigenvalue weighted by Crippen LogP contribution is 2.24. The highest BCUT2D eigenvalue weighted by Gasteiger charge is 2.26. The van der Waals surface area contributed by atoms with E-state index in [1.165, 1.54) is 5.56 Å². The number of carbonyl (C=O) groups excluding carboxylic acids is 1. The van der Waals surface area contributed by atoms with Gasteiger partial charge in [0.2, 0.25) is 5.91 Å². The normalized spacial score (nSPS) is 11.7. The van der Waals surface area contributed by atoms with Crippen molar-refractivity contribution in [3.05, 3.63) is 29.3 Å². The monoisotopic (exact) mass is 248 g/mol. The molecule has 0 spiro atoms. The minimum atomic E-state index is -0.541. The van der Waals surface area contributed by atoms with Gasteiger partial charge in [0.15, 0.2) is 0 Å². The maximum atomic E-state index is 12.1. The summed E-state index contributed by atoms with van der Waals surface area (Å²) in [6.45, 7) is 10.3. The smallest absolute Gasteiger partial charge is 0.231 e. The first-order chi connectivity index (χ1) is 8.27. The minimum Gasteiger partial charge on any atom is -0.329 e. The number of nitrogens with two attached hydrogens (primary N) is 1. The first-order valence-corrected chi connectivity index (χ1v) is 6.40. The van der Waals surface area contributed by atoms with E-state index in [9.17, 15) is 4.79 Å². The van der Waals surface area contributed by atoms with Gasteiger partial charge in [0.25, 0.3) is 0 Å². The zero-order valence-electron chi connectivity index (χ0n) is 12.0. The molecule has 0 bridgehead atoms. The number of hydrogen-bond donors (Lipinski definition) is 2. The van der Waals surface area contributed by atoms with Crippen molar-refractivity contribution in [1.29, 1.82) is 0 Å². The van der Waals surface area contributed by atoms with E-state index in [2.05, 4.69) is 25.2 Å². The fourth-order valence-electron chi connectivity index (χ4n) is 1.52. The molecule has 0 atom stereocenters. The summed E-state index contributed by atoms with van der Waals surface area (Å²) in [7, 11) is 0. The quantitative estimate of drug-likeness (QED) is 0.860. The first-order valence-electron chi connectivity index (χ1n) is 6.40. The van der Waals surface area contributed by atoms with Gasteiger partial charge < -0.3 is 11.1 Å². The molecular formula is C15H24N2O. The van der Waals surface area contributed by atoms with Gasteiger partial charge in [-0.2, -0.15) is 0 Å². The van der Waals surface area contributed by atoms with Crippen molar-refractivity contribution >= 4 is 11.6 Å². The molecule has 100 valence electrons. The zero-order valence-corrected chi connectivity index (χ0v) is 12.0. The third kappa shape index (κ3) is 3.33. The summed E-state index contributed by atoms with van der Waals surface area (Å²) in [4.78, 5) is 12.1. The van der Waals surface area contributed by atoms with Crippen LogP contribution >= 0.6 is 0 Å². The van der Waals surface area contributed by atoms with Gasteiger partial charge in [-0.3, -0.25) is 4.79 Å². The van der Waals surface area contributed by atoms with Gasteiger partial charge in [-0.05, 0) is 43.9 Å². The lowest BCUT2D eigenvalue weighted by molar-refractivity contribution is -0.123. The molecule has 1 rings (SSSR count). The van der Waals surface area contributed by atoms with E-state index in [0.29, 0.717) is 12.5 Å². The van der Waals surface area contributed by atoms with E-state index in [4.69, 9.17) is 5.73 Å². The standard InChI is InChI=1S/C15H24N2O/c1-10(2)12-7-6-11(3)13(8-12)17-14(18)15(4,5)9-16/h6-8,10H,9,16H2,1-5H3,(H,17,18). The molecular weight excluding hydrogens is 224 g/mol. The Labute approximate surface area is 110 Å². The van der Waals surface area contributed by atoms with Crippen molar-refractivity contribution in [2.45, 2.75) is 40.5 Å². The summed E-state index contributed by atoms with van der Waals surface area (Å²) in [5.41, 5.74) is 8.25. The molecule has 18 heavy (non-hydrogen) atoms. The van der Waals surface area contributed by atoms with E-state index in [1.54, 1.807) is 0 Å². The number of benzene rings is 1. The molecule has 0 aliphatic carbocycles. The van der Waals surface area contributed by atoms with Crippen LogP contribution in [0.1, 0.15) is 44.7 Å². The van der Waals surface area contributed by atoms with Crippen molar-refractivity contribution in [2.75, 3.05) is 11.9 Å². The Morgan fingerprint density at radius 3 is 2.50 bits per heavy atom. The summed E-state index contributed by atoms with van der Waals surface area (Å²) in [6, 6.07) is 6.19. The maximum Gasteiger partial charge on any atom is 0.231 e. The van der Waals surface area contributed by atoms with Crippen LogP contribution < -0.4 is 11.1 Å². The van der Waals surface area contributed by atoms with Crippen LogP contribution in [0.2, 0.25) is 0 Å². The van der Waals surface area contributed by atoms with Gasteiger partial charge in [-0.25, -0.2) is 0 Å². The Hall–Kier alpha value is -1.35.